The van der Waals surface area contributed by atoms with Gasteiger partial charge in [-0.25, -0.2) is 9.59 Å². The lowest BCUT2D eigenvalue weighted by atomic mass is 9.94. The molecule has 4 aromatic carbocycles. The Balaban J connectivity index is 0.000000137. The van der Waals surface area contributed by atoms with E-state index < -0.39 is 23.5 Å². The molecule has 4 aliphatic rings. The highest BCUT2D eigenvalue weighted by Gasteiger charge is 2.58. The van der Waals surface area contributed by atoms with E-state index in [0.29, 0.717) is 33.4 Å². The summed E-state index contributed by atoms with van der Waals surface area (Å²) in [5.74, 6) is -5.10. The van der Waals surface area contributed by atoms with Crippen LogP contribution in [0.5, 0.6) is 0 Å². The molecule has 42 heavy (non-hydrogen) atoms. The van der Waals surface area contributed by atoms with Crippen molar-refractivity contribution in [2.45, 2.75) is 11.6 Å². The molecule has 4 aliphatic heterocycles. The van der Waals surface area contributed by atoms with Gasteiger partial charge in [0.1, 0.15) is 12.5 Å². The van der Waals surface area contributed by atoms with Crippen molar-refractivity contribution < 1.29 is 38.1 Å². The molecular weight excluding hydrogens is 536 g/mol. The first kappa shape index (κ1) is 25.2. The number of hydrogen-bond acceptors (Lipinski definition) is 8. The van der Waals surface area contributed by atoms with Crippen molar-refractivity contribution in [3.8, 4) is 0 Å². The summed E-state index contributed by atoms with van der Waals surface area (Å²) in [5, 5.41) is 0. The van der Waals surface area contributed by atoms with E-state index in [1.54, 1.807) is 48.5 Å². The Bertz CT molecular complexity index is 1720. The van der Waals surface area contributed by atoms with E-state index in [4.69, 9.17) is 18.9 Å². The van der Waals surface area contributed by atoms with E-state index in [0.717, 1.165) is 11.1 Å². The number of rotatable bonds is 2. The van der Waals surface area contributed by atoms with E-state index in [9.17, 15) is 19.2 Å². The van der Waals surface area contributed by atoms with Crippen LogP contribution in [-0.2, 0) is 40.1 Å². The molecule has 0 radical (unpaired) electrons. The van der Waals surface area contributed by atoms with Crippen molar-refractivity contribution in [3.05, 3.63) is 155 Å². The van der Waals surface area contributed by atoms with Gasteiger partial charge in [-0.3, -0.25) is 9.59 Å². The molecule has 4 aromatic rings. The third kappa shape index (κ3) is 3.62. The van der Waals surface area contributed by atoms with Gasteiger partial charge in [-0.05, 0) is 35.4 Å². The summed E-state index contributed by atoms with van der Waals surface area (Å²) in [4.78, 5) is 49.4. The number of esters is 2. The van der Waals surface area contributed by atoms with Gasteiger partial charge in [-0.15, -0.1) is 0 Å². The summed E-state index contributed by atoms with van der Waals surface area (Å²) in [6.07, 6.45) is 2.74. The minimum Gasteiger partial charge on any atom is -0.449 e. The largest absolute Gasteiger partial charge is 0.449 e. The molecule has 0 saturated heterocycles. The minimum absolute atomic E-state index is 0.355. The summed E-state index contributed by atoms with van der Waals surface area (Å²) in [5.41, 5.74) is 3.94. The number of carbonyl (C=O) groups excluding carboxylic acids is 4. The quantitative estimate of drug-likeness (QED) is 0.307. The molecule has 0 N–H and O–H groups in total. The van der Waals surface area contributed by atoms with Crippen LogP contribution in [0, 0.1) is 0 Å². The van der Waals surface area contributed by atoms with E-state index in [1.807, 2.05) is 60.7 Å². The topological polar surface area (TPSA) is 105 Å². The molecule has 0 aliphatic carbocycles. The van der Waals surface area contributed by atoms with Crippen LogP contribution in [0.4, 0.5) is 0 Å². The fourth-order valence-corrected chi connectivity index (χ4v) is 5.38. The van der Waals surface area contributed by atoms with Gasteiger partial charge >= 0.3 is 23.5 Å². The molecule has 0 amide bonds. The van der Waals surface area contributed by atoms with Crippen molar-refractivity contribution in [2.24, 2.45) is 0 Å². The Hall–Kier alpha value is -5.76. The standard InChI is InChI=1S/2C17H10O4/c2*18-15-13(11-6-2-1-3-7-11)10-20-17(15)14-9-5-4-8-12(14)16(19)21-17/h2*1-10H. The average molecular weight is 557 g/mol. The second kappa shape index (κ2) is 9.42. The van der Waals surface area contributed by atoms with E-state index in [1.165, 1.54) is 12.5 Å². The monoisotopic (exact) mass is 556 g/mol. The number of carbonyl (C=O) groups is 4. The maximum atomic E-state index is 12.8. The van der Waals surface area contributed by atoms with Gasteiger partial charge in [-0.2, -0.15) is 0 Å². The Kier molecular flexibility index (Phi) is 5.65. The van der Waals surface area contributed by atoms with Crippen molar-refractivity contribution in [1.82, 2.24) is 0 Å². The molecule has 2 atom stereocenters. The average Bonchev–Trinajstić information content (AvgIpc) is 3.73. The van der Waals surface area contributed by atoms with E-state index in [2.05, 4.69) is 0 Å². The van der Waals surface area contributed by atoms with Crippen LogP contribution in [0.2, 0.25) is 0 Å². The van der Waals surface area contributed by atoms with Crippen LogP contribution >= 0.6 is 0 Å². The van der Waals surface area contributed by atoms with Gasteiger partial charge in [0.05, 0.1) is 33.4 Å². The Morgan fingerprint density at radius 1 is 0.429 bits per heavy atom. The summed E-state index contributed by atoms with van der Waals surface area (Å²) in [7, 11) is 0. The fourth-order valence-electron chi connectivity index (χ4n) is 5.38. The van der Waals surface area contributed by atoms with Gasteiger partial charge < -0.3 is 18.9 Å². The molecule has 0 aromatic heterocycles. The molecule has 0 saturated carbocycles. The summed E-state index contributed by atoms with van der Waals surface area (Å²) in [6.45, 7) is 0. The highest BCUT2D eigenvalue weighted by Crippen LogP contribution is 2.47. The van der Waals surface area contributed by atoms with Gasteiger partial charge in [-0.1, -0.05) is 84.9 Å². The molecule has 0 fully saturated rings. The normalized spacial score (nSPS) is 22.8. The predicted molar refractivity (Wildman–Crippen MR) is 148 cm³/mol. The molecule has 204 valence electrons. The Morgan fingerprint density at radius 2 is 0.786 bits per heavy atom. The molecule has 2 spiro atoms. The van der Waals surface area contributed by atoms with Gasteiger partial charge in [0.2, 0.25) is 0 Å². The zero-order valence-corrected chi connectivity index (χ0v) is 21.8. The summed E-state index contributed by atoms with van der Waals surface area (Å²) >= 11 is 0. The van der Waals surface area contributed by atoms with E-state index >= 15 is 0 Å². The zero-order chi connectivity index (χ0) is 28.9. The zero-order valence-electron chi connectivity index (χ0n) is 21.8. The fraction of sp³-hybridized carbons (Fsp3) is 0.0588. The van der Waals surface area contributed by atoms with Crippen LogP contribution in [0.25, 0.3) is 11.1 Å². The number of benzene rings is 4. The van der Waals surface area contributed by atoms with Gasteiger partial charge in [0, 0.05) is 0 Å². The van der Waals surface area contributed by atoms with Crippen LogP contribution in [-0.4, -0.2) is 23.5 Å². The van der Waals surface area contributed by atoms with Gasteiger partial charge in [0.15, 0.2) is 0 Å². The maximum Gasteiger partial charge on any atom is 0.347 e. The lowest BCUT2D eigenvalue weighted by Gasteiger charge is -2.20. The van der Waals surface area contributed by atoms with Crippen LogP contribution in [0.1, 0.15) is 43.0 Å². The number of fused-ring (bicyclic) bond motifs is 4. The molecule has 4 heterocycles. The minimum atomic E-state index is -1.65. The smallest absolute Gasteiger partial charge is 0.347 e. The van der Waals surface area contributed by atoms with Gasteiger partial charge in [0.25, 0.3) is 11.6 Å². The third-order valence-electron chi connectivity index (χ3n) is 7.42. The van der Waals surface area contributed by atoms with Crippen molar-refractivity contribution in [1.29, 1.82) is 0 Å². The SMILES string of the molecule is O=C1OC2(OC=C(c3ccccc3)C2=O)c2ccccc21.O=C1OC2(OC=C(c3ccccc3)C2=O)c2ccccc21. The first-order valence-electron chi connectivity index (χ1n) is 13.1. The predicted octanol–water partition coefficient (Wildman–Crippen LogP) is 5.30. The number of Topliss-reactive ketones (excluding diaryl/α,β-unsaturated/α-hetero) is 2. The summed E-state index contributed by atoms with van der Waals surface area (Å²) in [6, 6.07) is 31.9. The first-order valence-corrected chi connectivity index (χ1v) is 13.1. The second-order valence-electron chi connectivity index (χ2n) is 9.79. The highest BCUT2D eigenvalue weighted by molar-refractivity contribution is 6.28. The number of hydrogen-bond donors (Lipinski definition) is 0. The van der Waals surface area contributed by atoms with Crippen LogP contribution in [0.15, 0.2) is 122 Å². The number of ketones is 2. The molecule has 0 bridgehead atoms. The maximum absolute atomic E-state index is 12.8. The Morgan fingerprint density at radius 3 is 1.19 bits per heavy atom. The lowest BCUT2D eigenvalue weighted by molar-refractivity contribution is -0.173. The van der Waals surface area contributed by atoms with Crippen molar-refractivity contribution in [3.63, 3.8) is 0 Å². The number of ether oxygens (including phenoxy) is 4. The Labute approximate surface area is 239 Å². The third-order valence-corrected chi connectivity index (χ3v) is 7.42. The van der Waals surface area contributed by atoms with Crippen molar-refractivity contribution >= 4 is 34.7 Å². The molecule has 8 rings (SSSR count). The van der Waals surface area contributed by atoms with Crippen molar-refractivity contribution in [2.75, 3.05) is 0 Å². The molecular formula is C34H20O8. The lowest BCUT2D eigenvalue weighted by Crippen LogP contribution is -2.34. The molecule has 8 nitrogen and oxygen atoms in total. The molecule has 2 unspecified atom stereocenters. The highest BCUT2D eigenvalue weighted by atomic mass is 16.7. The first-order chi connectivity index (χ1) is 20.4. The van der Waals surface area contributed by atoms with Crippen LogP contribution < -0.4 is 0 Å². The summed E-state index contributed by atoms with van der Waals surface area (Å²) < 4.78 is 21.6. The second-order valence-corrected chi connectivity index (χ2v) is 9.79. The molecule has 8 heteroatoms. The van der Waals surface area contributed by atoms with E-state index in [-0.39, 0.29) is 11.6 Å². The van der Waals surface area contributed by atoms with Crippen LogP contribution in [0.3, 0.4) is 0 Å².